The number of benzene rings is 2. The second kappa shape index (κ2) is 6.86. The number of fused-ring (bicyclic) bond motifs is 1. The summed E-state index contributed by atoms with van der Waals surface area (Å²) in [6.07, 6.45) is 1.54. The van der Waals surface area contributed by atoms with E-state index >= 15 is 0 Å². The number of nitrogens with one attached hydrogen (secondary N) is 1. The fourth-order valence-electron chi connectivity index (χ4n) is 2.66. The van der Waals surface area contributed by atoms with Crippen LogP contribution in [0.1, 0.15) is 10.4 Å². The van der Waals surface area contributed by atoms with Gasteiger partial charge in [0.05, 0.1) is 10.4 Å². The average molecular weight is 398 g/mol. The van der Waals surface area contributed by atoms with Crippen molar-refractivity contribution < 1.29 is 15.0 Å². The number of carbonyl (C=O) groups is 1. The lowest BCUT2D eigenvalue weighted by atomic mass is 10.1. The van der Waals surface area contributed by atoms with Crippen molar-refractivity contribution in [1.29, 1.82) is 0 Å². The molecular weight excluding hydrogens is 386 g/mol. The Balaban J connectivity index is 1.64. The number of thiazole rings is 1. The van der Waals surface area contributed by atoms with Gasteiger partial charge in [-0.2, -0.15) is 4.98 Å². The first kappa shape index (κ1) is 17.3. The zero-order valence-corrected chi connectivity index (χ0v) is 15.3. The number of hydrogen-bond donors (Lipinski definition) is 3. The lowest BCUT2D eigenvalue weighted by Crippen LogP contribution is -2.12. The molecule has 0 fully saturated rings. The van der Waals surface area contributed by atoms with Gasteiger partial charge in [0, 0.05) is 16.6 Å². The molecule has 3 N–H and O–H groups in total. The van der Waals surface area contributed by atoms with Gasteiger partial charge in [0.15, 0.2) is 10.9 Å². The molecule has 8 heteroatoms. The van der Waals surface area contributed by atoms with Crippen molar-refractivity contribution in [2.45, 2.75) is 0 Å². The van der Waals surface area contributed by atoms with Gasteiger partial charge in [0.2, 0.25) is 5.88 Å². The van der Waals surface area contributed by atoms with Crippen LogP contribution in [0.2, 0.25) is 5.02 Å². The molecule has 0 atom stereocenters. The third-order valence-electron chi connectivity index (χ3n) is 3.91. The molecule has 134 valence electrons. The fourth-order valence-corrected chi connectivity index (χ4v) is 3.70. The fraction of sp³-hybridized carbons (Fsp3) is 0. The maximum atomic E-state index is 12.6. The molecule has 6 nitrogen and oxygen atoms in total. The summed E-state index contributed by atoms with van der Waals surface area (Å²) in [5.41, 5.74) is 1.10. The predicted octanol–water partition coefficient (Wildman–Crippen LogP) is 4.68. The molecule has 27 heavy (non-hydrogen) atoms. The highest BCUT2D eigenvalue weighted by Gasteiger charge is 2.18. The van der Waals surface area contributed by atoms with Gasteiger partial charge in [-0.05, 0) is 29.8 Å². The first-order valence-electron chi connectivity index (χ1n) is 7.86. The van der Waals surface area contributed by atoms with Crippen LogP contribution in [0, 0.1) is 0 Å². The molecule has 0 spiro atoms. The molecule has 0 radical (unpaired) electrons. The van der Waals surface area contributed by atoms with Crippen LogP contribution in [0.3, 0.4) is 0 Å². The van der Waals surface area contributed by atoms with E-state index in [-0.39, 0.29) is 22.3 Å². The first-order chi connectivity index (χ1) is 13.0. The number of carbonyl (C=O) groups excluding carboxylic acids is 1. The van der Waals surface area contributed by atoms with Crippen molar-refractivity contribution in [1.82, 2.24) is 9.97 Å². The molecule has 0 aliphatic heterocycles. The number of anilines is 1. The van der Waals surface area contributed by atoms with E-state index in [1.807, 2.05) is 0 Å². The van der Waals surface area contributed by atoms with E-state index in [2.05, 4.69) is 15.3 Å². The zero-order valence-electron chi connectivity index (χ0n) is 13.7. The molecule has 2 heterocycles. The Morgan fingerprint density at radius 3 is 2.78 bits per heavy atom. The minimum absolute atomic E-state index is 0.0696. The Hall–Kier alpha value is -3.16. The number of amides is 1. The van der Waals surface area contributed by atoms with E-state index in [1.54, 1.807) is 48.7 Å². The van der Waals surface area contributed by atoms with Crippen LogP contribution in [0.25, 0.3) is 21.3 Å². The van der Waals surface area contributed by atoms with Gasteiger partial charge in [0.1, 0.15) is 5.52 Å². The van der Waals surface area contributed by atoms with Crippen molar-refractivity contribution in [3.63, 3.8) is 0 Å². The van der Waals surface area contributed by atoms with Gasteiger partial charge in [-0.15, -0.1) is 0 Å². The van der Waals surface area contributed by atoms with E-state index in [1.165, 1.54) is 6.07 Å². The molecule has 0 aliphatic rings. The number of rotatable bonds is 3. The summed E-state index contributed by atoms with van der Waals surface area (Å²) in [5, 5.41) is 24.5. The molecule has 0 unspecified atom stereocenters. The van der Waals surface area contributed by atoms with Crippen molar-refractivity contribution in [2.24, 2.45) is 0 Å². The highest BCUT2D eigenvalue weighted by Crippen LogP contribution is 2.38. The normalized spacial score (nSPS) is 10.9. The maximum Gasteiger partial charge on any atom is 0.261 e. The van der Waals surface area contributed by atoms with E-state index in [0.717, 1.165) is 16.7 Å². The lowest BCUT2D eigenvalue weighted by Gasteiger charge is -2.06. The molecule has 2 aromatic heterocycles. The van der Waals surface area contributed by atoms with Gasteiger partial charge in [-0.1, -0.05) is 47.2 Å². The quantitative estimate of drug-likeness (QED) is 0.466. The van der Waals surface area contributed by atoms with E-state index in [4.69, 9.17) is 11.6 Å². The zero-order chi connectivity index (χ0) is 19.0. The van der Waals surface area contributed by atoms with Gasteiger partial charge in [-0.25, -0.2) is 0 Å². The Bertz CT molecular complexity index is 1180. The Kier molecular flexibility index (Phi) is 4.39. The van der Waals surface area contributed by atoms with Crippen LogP contribution in [-0.4, -0.2) is 26.1 Å². The third kappa shape index (κ3) is 3.30. The Labute approximate surface area is 162 Å². The van der Waals surface area contributed by atoms with Gasteiger partial charge >= 0.3 is 0 Å². The molecule has 2 aromatic carbocycles. The van der Waals surface area contributed by atoms with Crippen LogP contribution in [-0.2, 0) is 0 Å². The number of halogens is 1. The monoisotopic (exact) mass is 397 g/mol. The van der Waals surface area contributed by atoms with Crippen LogP contribution < -0.4 is 5.32 Å². The van der Waals surface area contributed by atoms with Crippen molar-refractivity contribution in [3.05, 3.63) is 65.3 Å². The summed E-state index contributed by atoms with van der Waals surface area (Å²) in [5.74, 6) is -0.963. The summed E-state index contributed by atoms with van der Waals surface area (Å²) in [4.78, 5) is 21.1. The van der Waals surface area contributed by atoms with Crippen molar-refractivity contribution in [3.8, 4) is 22.1 Å². The smallest absolute Gasteiger partial charge is 0.261 e. The predicted molar refractivity (Wildman–Crippen MR) is 106 cm³/mol. The van der Waals surface area contributed by atoms with E-state index in [0.29, 0.717) is 21.0 Å². The number of hydrogen-bond acceptors (Lipinski definition) is 6. The molecule has 0 bridgehead atoms. The highest BCUT2D eigenvalue weighted by molar-refractivity contribution is 7.19. The largest absolute Gasteiger partial charge is 0.505 e. The molecular formula is C19H12ClN3O3S. The SMILES string of the molecule is O=C(Nc1nc(O)c(-c2cccc(Cl)c2)s1)c1ccc2cccnc2c1O. The number of phenols is 1. The standard InChI is InChI=1S/C19H12ClN3O3S/c20-12-5-1-3-11(9-12)16-18(26)23-19(27-16)22-17(25)13-7-6-10-4-2-8-21-14(10)15(13)24/h1-9,24,26H,(H,22,23,25). The van der Waals surface area contributed by atoms with E-state index in [9.17, 15) is 15.0 Å². The van der Waals surface area contributed by atoms with Crippen LogP contribution >= 0.6 is 22.9 Å². The first-order valence-corrected chi connectivity index (χ1v) is 9.06. The molecule has 0 saturated carbocycles. The van der Waals surface area contributed by atoms with Gasteiger partial charge in [0.25, 0.3) is 5.91 Å². The molecule has 0 saturated heterocycles. The van der Waals surface area contributed by atoms with Crippen LogP contribution in [0.15, 0.2) is 54.7 Å². The maximum absolute atomic E-state index is 12.6. The highest BCUT2D eigenvalue weighted by atomic mass is 35.5. The molecule has 4 rings (SSSR count). The summed E-state index contributed by atoms with van der Waals surface area (Å²) in [6.45, 7) is 0. The Morgan fingerprint density at radius 1 is 1.11 bits per heavy atom. The number of aromatic nitrogens is 2. The van der Waals surface area contributed by atoms with E-state index < -0.39 is 5.91 Å². The van der Waals surface area contributed by atoms with Gasteiger partial charge < -0.3 is 10.2 Å². The topological polar surface area (TPSA) is 95.3 Å². The minimum Gasteiger partial charge on any atom is -0.505 e. The minimum atomic E-state index is -0.550. The summed E-state index contributed by atoms with van der Waals surface area (Å²) in [7, 11) is 0. The second-order valence-corrected chi connectivity index (χ2v) is 7.11. The number of pyridine rings is 1. The molecule has 4 aromatic rings. The van der Waals surface area contributed by atoms with Crippen LogP contribution in [0.5, 0.6) is 11.6 Å². The lowest BCUT2D eigenvalue weighted by molar-refractivity contribution is 0.102. The number of nitrogens with zero attached hydrogens (tertiary/aromatic N) is 2. The average Bonchev–Trinajstić information content (AvgIpc) is 3.02. The Morgan fingerprint density at radius 2 is 1.96 bits per heavy atom. The molecule has 0 aliphatic carbocycles. The second-order valence-electron chi connectivity index (χ2n) is 5.67. The van der Waals surface area contributed by atoms with Gasteiger partial charge in [-0.3, -0.25) is 15.1 Å². The summed E-state index contributed by atoms with van der Waals surface area (Å²) < 4.78 is 0. The number of aromatic hydroxyl groups is 2. The summed E-state index contributed by atoms with van der Waals surface area (Å²) in [6, 6.07) is 13.7. The van der Waals surface area contributed by atoms with Crippen molar-refractivity contribution >= 4 is 44.9 Å². The summed E-state index contributed by atoms with van der Waals surface area (Å²) >= 11 is 7.09. The van der Waals surface area contributed by atoms with Crippen LogP contribution in [0.4, 0.5) is 5.13 Å². The third-order valence-corrected chi connectivity index (χ3v) is 5.15. The number of phenolic OH excluding ortho intramolecular Hbond substituents is 1. The van der Waals surface area contributed by atoms with Crippen molar-refractivity contribution in [2.75, 3.05) is 5.32 Å². The molecule has 1 amide bonds.